The zero-order chi connectivity index (χ0) is 14.4. The van der Waals surface area contributed by atoms with Crippen molar-refractivity contribution >= 4 is 29.7 Å². The molecule has 0 saturated carbocycles. The molecule has 0 saturated heterocycles. The normalized spacial score (nSPS) is 15.9. The Kier molecular flexibility index (Phi) is 3.83. The van der Waals surface area contributed by atoms with E-state index in [1.165, 1.54) is 0 Å². The molecule has 0 atom stereocenters. The molecule has 1 aromatic heterocycles. The lowest BCUT2D eigenvalue weighted by Crippen LogP contribution is -2.36. The first-order chi connectivity index (χ1) is 10.3. The van der Waals surface area contributed by atoms with Crippen LogP contribution in [0.15, 0.2) is 18.2 Å². The van der Waals surface area contributed by atoms with Gasteiger partial charge in [0.25, 0.3) is 5.91 Å². The van der Waals surface area contributed by atoms with E-state index >= 15 is 0 Å². The van der Waals surface area contributed by atoms with E-state index in [1.54, 1.807) is 0 Å². The third kappa shape index (κ3) is 2.16. The highest BCUT2D eigenvalue weighted by Gasteiger charge is 2.30. The maximum Gasteiger partial charge on any atom is 0.279 e. The fourth-order valence-corrected chi connectivity index (χ4v) is 3.49. The van der Waals surface area contributed by atoms with Crippen LogP contribution >= 0.6 is 12.4 Å². The molecule has 1 amide bonds. The fraction of sp³-hybridized carbons (Fsp3) is 0.375. The van der Waals surface area contributed by atoms with Gasteiger partial charge in [-0.25, -0.2) is 0 Å². The Morgan fingerprint density at radius 3 is 2.86 bits per heavy atom. The van der Waals surface area contributed by atoms with Gasteiger partial charge in [0, 0.05) is 29.2 Å². The van der Waals surface area contributed by atoms with Gasteiger partial charge in [-0.3, -0.25) is 9.89 Å². The average Bonchev–Trinajstić information content (AvgIpc) is 3.09. The minimum atomic E-state index is 0. The number of fused-ring (bicyclic) bond motifs is 2. The standard InChI is InChI=1S/C16H18N4O.ClH/c17-12-6-2-8-14-10(12)5-3-9-20(14)16(21)15-11-4-1-7-13(11)18-19-15;/h2,6,8H,1,3-5,7,9,17H2,(H,18,19);1H. The number of benzene rings is 1. The minimum absolute atomic E-state index is 0. The van der Waals surface area contributed by atoms with Crippen LogP contribution in [0, 0.1) is 0 Å². The molecule has 116 valence electrons. The zero-order valence-corrected chi connectivity index (χ0v) is 13.1. The molecule has 2 aromatic rings. The first-order valence-corrected chi connectivity index (χ1v) is 7.51. The molecular formula is C16H19ClN4O. The summed E-state index contributed by atoms with van der Waals surface area (Å²) in [5.74, 6) is 0.000880. The summed E-state index contributed by atoms with van der Waals surface area (Å²) in [6, 6.07) is 5.80. The summed E-state index contributed by atoms with van der Waals surface area (Å²) >= 11 is 0. The Hall–Kier alpha value is -2.01. The predicted octanol–water partition coefficient (Wildman–Crippen LogP) is 2.50. The van der Waals surface area contributed by atoms with Crippen molar-refractivity contribution in [3.63, 3.8) is 0 Å². The average molecular weight is 319 g/mol. The Labute approximate surface area is 135 Å². The van der Waals surface area contributed by atoms with Crippen LogP contribution in [0.2, 0.25) is 0 Å². The number of carbonyl (C=O) groups is 1. The molecule has 0 unspecified atom stereocenters. The minimum Gasteiger partial charge on any atom is -0.398 e. The topological polar surface area (TPSA) is 75.0 Å². The number of carbonyl (C=O) groups excluding carboxylic acids is 1. The summed E-state index contributed by atoms with van der Waals surface area (Å²) in [4.78, 5) is 14.7. The van der Waals surface area contributed by atoms with Gasteiger partial charge in [0.05, 0.1) is 0 Å². The summed E-state index contributed by atoms with van der Waals surface area (Å²) in [5, 5.41) is 7.28. The van der Waals surface area contributed by atoms with E-state index in [1.807, 2.05) is 23.1 Å². The molecule has 22 heavy (non-hydrogen) atoms. The van der Waals surface area contributed by atoms with Crippen molar-refractivity contribution in [2.75, 3.05) is 17.2 Å². The molecule has 2 heterocycles. The number of H-pyrrole nitrogens is 1. The van der Waals surface area contributed by atoms with Crippen LogP contribution in [-0.2, 0) is 19.3 Å². The van der Waals surface area contributed by atoms with Gasteiger partial charge in [-0.1, -0.05) is 6.07 Å². The van der Waals surface area contributed by atoms with Crippen LogP contribution in [0.5, 0.6) is 0 Å². The smallest absolute Gasteiger partial charge is 0.279 e. The van der Waals surface area contributed by atoms with Crippen molar-refractivity contribution in [2.45, 2.75) is 32.1 Å². The lowest BCUT2D eigenvalue weighted by molar-refractivity contribution is 0.0979. The molecule has 1 aliphatic heterocycles. The number of nitrogen functional groups attached to an aromatic ring is 1. The van der Waals surface area contributed by atoms with Crippen molar-refractivity contribution in [1.29, 1.82) is 0 Å². The largest absolute Gasteiger partial charge is 0.398 e. The maximum absolute atomic E-state index is 12.9. The number of halogens is 1. The van der Waals surface area contributed by atoms with Crippen molar-refractivity contribution in [1.82, 2.24) is 10.2 Å². The van der Waals surface area contributed by atoms with Crippen molar-refractivity contribution < 1.29 is 4.79 Å². The van der Waals surface area contributed by atoms with Gasteiger partial charge in [-0.15, -0.1) is 12.4 Å². The van der Waals surface area contributed by atoms with Gasteiger partial charge in [0.1, 0.15) is 0 Å². The summed E-state index contributed by atoms with van der Waals surface area (Å²) in [6.07, 6.45) is 4.93. The highest BCUT2D eigenvalue weighted by Crippen LogP contribution is 2.33. The second kappa shape index (κ2) is 5.65. The summed E-state index contributed by atoms with van der Waals surface area (Å²) < 4.78 is 0. The maximum atomic E-state index is 12.9. The third-order valence-corrected chi connectivity index (χ3v) is 4.54. The number of rotatable bonds is 1. The molecule has 1 aliphatic carbocycles. The number of nitrogens with zero attached hydrogens (tertiary/aromatic N) is 2. The van der Waals surface area contributed by atoms with E-state index in [-0.39, 0.29) is 18.3 Å². The number of hydrogen-bond acceptors (Lipinski definition) is 3. The zero-order valence-electron chi connectivity index (χ0n) is 12.3. The number of aryl methyl sites for hydroxylation is 1. The van der Waals surface area contributed by atoms with E-state index < -0.39 is 0 Å². The highest BCUT2D eigenvalue weighted by atomic mass is 35.5. The predicted molar refractivity (Wildman–Crippen MR) is 88.7 cm³/mol. The summed E-state index contributed by atoms with van der Waals surface area (Å²) in [6.45, 7) is 0.733. The van der Waals surface area contributed by atoms with Crippen LogP contribution in [-0.4, -0.2) is 22.6 Å². The van der Waals surface area contributed by atoms with Crippen LogP contribution in [0.4, 0.5) is 11.4 Å². The van der Waals surface area contributed by atoms with Gasteiger partial charge < -0.3 is 10.6 Å². The van der Waals surface area contributed by atoms with Crippen LogP contribution in [0.3, 0.4) is 0 Å². The molecular weight excluding hydrogens is 300 g/mol. The number of nitrogens with one attached hydrogen (secondary N) is 1. The molecule has 4 rings (SSSR count). The highest BCUT2D eigenvalue weighted by molar-refractivity contribution is 6.07. The SMILES string of the molecule is Cl.Nc1cccc2c1CCCN2C(=O)c1n[nH]c2c1CCC2. The Morgan fingerprint density at radius 2 is 2.00 bits per heavy atom. The van der Waals surface area contributed by atoms with E-state index in [9.17, 15) is 4.79 Å². The van der Waals surface area contributed by atoms with Crippen LogP contribution in [0.25, 0.3) is 0 Å². The number of aromatic nitrogens is 2. The van der Waals surface area contributed by atoms with Gasteiger partial charge >= 0.3 is 0 Å². The van der Waals surface area contributed by atoms with Gasteiger partial charge in [-0.2, -0.15) is 5.10 Å². The summed E-state index contributed by atoms with van der Waals surface area (Å²) in [5.41, 5.74) is 11.7. The molecule has 0 bridgehead atoms. The second-order valence-corrected chi connectivity index (χ2v) is 5.79. The van der Waals surface area contributed by atoms with E-state index in [4.69, 9.17) is 5.73 Å². The molecule has 5 nitrogen and oxygen atoms in total. The van der Waals surface area contributed by atoms with E-state index in [0.717, 1.165) is 66.8 Å². The molecule has 6 heteroatoms. The second-order valence-electron chi connectivity index (χ2n) is 5.79. The molecule has 3 N–H and O–H groups in total. The Bertz CT molecular complexity index is 725. The quantitative estimate of drug-likeness (QED) is 0.793. The van der Waals surface area contributed by atoms with E-state index in [2.05, 4.69) is 10.2 Å². The number of nitrogens with two attached hydrogens (primary N) is 1. The molecule has 0 spiro atoms. The Balaban J connectivity index is 0.00000144. The molecule has 0 fully saturated rings. The van der Waals surface area contributed by atoms with Crippen LogP contribution < -0.4 is 10.6 Å². The Morgan fingerprint density at radius 1 is 1.18 bits per heavy atom. The van der Waals surface area contributed by atoms with Gasteiger partial charge in [0.2, 0.25) is 0 Å². The molecule has 0 radical (unpaired) electrons. The first-order valence-electron chi connectivity index (χ1n) is 7.51. The third-order valence-electron chi connectivity index (χ3n) is 4.54. The molecule has 1 aromatic carbocycles. The number of aromatic amines is 1. The monoisotopic (exact) mass is 318 g/mol. The van der Waals surface area contributed by atoms with Crippen LogP contribution in [0.1, 0.15) is 40.2 Å². The first kappa shape index (κ1) is 14.9. The van der Waals surface area contributed by atoms with Gasteiger partial charge in [0.15, 0.2) is 5.69 Å². The van der Waals surface area contributed by atoms with E-state index in [0.29, 0.717) is 5.69 Å². The van der Waals surface area contributed by atoms with Crippen molar-refractivity contribution in [3.8, 4) is 0 Å². The van der Waals surface area contributed by atoms with Gasteiger partial charge in [-0.05, 0) is 49.8 Å². The fourth-order valence-electron chi connectivity index (χ4n) is 3.49. The number of hydrogen-bond donors (Lipinski definition) is 2. The van der Waals surface area contributed by atoms with Crippen molar-refractivity contribution in [2.24, 2.45) is 0 Å². The number of anilines is 2. The lowest BCUT2D eigenvalue weighted by Gasteiger charge is -2.30. The summed E-state index contributed by atoms with van der Waals surface area (Å²) in [7, 11) is 0. The number of amides is 1. The molecule has 2 aliphatic rings. The lowest BCUT2D eigenvalue weighted by atomic mass is 9.99. The van der Waals surface area contributed by atoms with Crippen molar-refractivity contribution in [3.05, 3.63) is 40.7 Å².